The van der Waals surface area contributed by atoms with Gasteiger partial charge in [-0.1, -0.05) is 6.92 Å². The number of ketones is 2. The lowest BCUT2D eigenvalue weighted by molar-refractivity contribution is -0.157. The van der Waals surface area contributed by atoms with E-state index in [4.69, 9.17) is 4.74 Å². The van der Waals surface area contributed by atoms with Gasteiger partial charge in [-0.25, -0.2) is 0 Å². The van der Waals surface area contributed by atoms with E-state index in [2.05, 4.69) is 6.92 Å². The molecular formula is C20H30O3. The minimum Gasteiger partial charge on any atom is -0.384 e. The number of fused-ring (bicyclic) bond motifs is 5. The van der Waals surface area contributed by atoms with Gasteiger partial charge in [0.25, 0.3) is 0 Å². The molecule has 128 valence electrons. The van der Waals surface area contributed by atoms with Gasteiger partial charge in [-0.2, -0.15) is 0 Å². The van der Waals surface area contributed by atoms with Gasteiger partial charge in [0.05, 0.1) is 6.61 Å². The van der Waals surface area contributed by atoms with Crippen LogP contribution in [-0.2, 0) is 14.3 Å². The summed E-state index contributed by atoms with van der Waals surface area (Å²) in [6.45, 7) is 3.05. The maximum atomic E-state index is 12.5. The molecule has 4 aliphatic carbocycles. The average Bonchev–Trinajstić information content (AvgIpc) is 2.84. The quantitative estimate of drug-likeness (QED) is 0.778. The van der Waals surface area contributed by atoms with E-state index in [-0.39, 0.29) is 10.8 Å². The Morgan fingerprint density at radius 1 is 1.04 bits per heavy atom. The fraction of sp³-hybridized carbons (Fsp3) is 0.900. The van der Waals surface area contributed by atoms with Crippen LogP contribution in [0.2, 0.25) is 0 Å². The van der Waals surface area contributed by atoms with Crippen LogP contribution in [0.5, 0.6) is 0 Å². The van der Waals surface area contributed by atoms with E-state index in [1.165, 1.54) is 6.42 Å². The minimum atomic E-state index is -0.0489. The number of hydrogen-bond donors (Lipinski definition) is 0. The molecule has 0 aliphatic heterocycles. The van der Waals surface area contributed by atoms with Crippen molar-refractivity contribution in [3.63, 3.8) is 0 Å². The largest absolute Gasteiger partial charge is 0.384 e. The van der Waals surface area contributed by atoms with Crippen LogP contribution in [-0.4, -0.2) is 25.3 Å². The molecule has 0 aromatic heterocycles. The van der Waals surface area contributed by atoms with Gasteiger partial charge in [0.2, 0.25) is 0 Å². The average molecular weight is 318 g/mol. The normalized spacial score (nSPS) is 49.5. The summed E-state index contributed by atoms with van der Waals surface area (Å²) in [7, 11) is 1.82. The van der Waals surface area contributed by atoms with Crippen molar-refractivity contribution in [2.75, 3.05) is 13.7 Å². The van der Waals surface area contributed by atoms with E-state index in [0.29, 0.717) is 35.2 Å². The molecule has 4 saturated carbocycles. The van der Waals surface area contributed by atoms with Gasteiger partial charge in [0.1, 0.15) is 11.6 Å². The minimum absolute atomic E-state index is 0.0489. The van der Waals surface area contributed by atoms with E-state index in [1.54, 1.807) is 0 Å². The summed E-state index contributed by atoms with van der Waals surface area (Å²) >= 11 is 0. The summed E-state index contributed by atoms with van der Waals surface area (Å²) in [5.41, 5.74) is 0.158. The maximum Gasteiger partial charge on any atom is 0.139 e. The van der Waals surface area contributed by atoms with Crippen molar-refractivity contribution >= 4 is 11.6 Å². The predicted octanol–water partition coefficient (Wildman–Crippen LogP) is 3.79. The predicted molar refractivity (Wildman–Crippen MR) is 87.9 cm³/mol. The Morgan fingerprint density at radius 2 is 1.87 bits per heavy atom. The van der Waals surface area contributed by atoms with E-state index in [1.807, 2.05) is 7.11 Å². The first-order chi connectivity index (χ1) is 11.0. The van der Waals surface area contributed by atoms with E-state index >= 15 is 0 Å². The molecule has 3 heteroatoms. The molecule has 23 heavy (non-hydrogen) atoms. The summed E-state index contributed by atoms with van der Waals surface area (Å²) in [5.74, 6) is 3.42. The molecule has 0 amide bonds. The second kappa shape index (κ2) is 5.40. The third kappa shape index (κ3) is 2.11. The van der Waals surface area contributed by atoms with Gasteiger partial charge < -0.3 is 4.74 Å². The summed E-state index contributed by atoms with van der Waals surface area (Å²) < 4.78 is 5.71. The smallest absolute Gasteiger partial charge is 0.139 e. The Kier molecular flexibility index (Phi) is 3.71. The van der Waals surface area contributed by atoms with Crippen molar-refractivity contribution in [3.8, 4) is 0 Å². The Hall–Kier alpha value is -0.700. The lowest BCUT2D eigenvalue weighted by atomic mass is 9.45. The zero-order valence-electron chi connectivity index (χ0n) is 14.6. The molecule has 0 heterocycles. The van der Waals surface area contributed by atoms with Crippen LogP contribution < -0.4 is 0 Å². The van der Waals surface area contributed by atoms with Crippen LogP contribution in [0.25, 0.3) is 0 Å². The van der Waals surface area contributed by atoms with Crippen molar-refractivity contribution in [2.24, 2.45) is 34.5 Å². The van der Waals surface area contributed by atoms with Gasteiger partial charge in [0, 0.05) is 37.2 Å². The topological polar surface area (TPSA) is 43.4 Å². The molecular weight excluding hydrogens is 288 g/mol. The van der Waals surface area contributed by atoms with E-state index in [0.717, 1.165) is 58.0 Å². The maximum absolute atomic E-state index is 12.5. The third-order valence-electron chi connectivity index (χ3n) is 8.30. The Morgan fingerprint density at radius 3 is 2.65 bits per heavy atom. The van der Waals surface area contributed by atoms with Crippen molar-refractivity contribution in [2.45, 2.75) is 64.7 Å². The first kappa shape index (κ1) is 15.8. The standard InChI is InChI=1S/C20H30O3/c1-19-9-8-17-15(16(19)5-6-18(19)22)4-3-13-11-14(21)7-10-20(13,17)12-23-2/h13,15-17H,3-12H2,1-2H3/t13?,15-,16-,17+,19-,20+/m0/s1. The first-order valence-electron chi connectivity index (χ1n) is 9.55. The molecule has 4 aliphatic rings. The molecule has 3 nitrogen and oxygen atoms in total. The molecule has 6 atom stereocenters. The van der Waals surface area contributed by atoms with Crippen LogP contribution in [0.15, 0.2) is 0 Å². The molecule has 0 aromatic carbocycles. The van der Waals surface area contributed by atoms with Crippen molar-refractivity contribution in [1.29, 1.82) is 0 Å². The number of methoxy groups -OCH3 is 1. The van der Waals surface area contributed by atoms with Gasteiger partial charge in [-0.3, -0.25) is 9.59 Å². The monoisotopic (exact) mass is 318 g/mol. The van der Waals surface area contributed by atoms with Crippen molar-refractivity contribution in [3.05, 3.63) is 0 Å². The highest BCUT2D eigenvalue weighted by molar-refractivity contribution is 5.87. The molecule has 4 fully saturated rings. The number of carbonyl (C=O) groups excluding carboxylic acids is 2. The van der Waals surface area contributed by atoms with Crippen LogP contribution in [0.4, 0.5) is 0 Å². The number of carbonyl (C=O) groups is 2. The lowest BCUT2D eigenvalue weighted by Crippen LogP contribution is -2.56. The van der Waals surface area contributed by atoms with Crippen molar-refractivity contribution < 1.29 is 14.3 Å². The molecule has 0 aromatic rings. The SMILES string of the molecule is COC[C@]12CCC(=O)CC1CC[C@@H]1[C@H]2CC[C@]2(C)C(=O)CC[C@@H]12. The van der Waals surface area contributed by atoms with Crippen LogP contribution in [0, 0.1) is 34.5 Å². The Balaban J connectivity index is 1.68. The molecule has 0 saturated heterocycles. The van der Waals surface area contributed by atoms with Crippen LogP contribution in [0.3, 0.4) is 0 Å². The molecule has 4 rings (SSSR count). The summed E-state index contributed by atoms with van der Waals surface area (Å²) in [6, 6.07) is 0. The summed E-state index contributed by atoms with van der Waals surface area (Å²) in [5, 5.41) is 0. The van der Waals surface area contributed by atoms with E-state index in [9.17, 15) is 9.59 Å². The van der Waals surface area contributed by atoms with Crippen LogP contribution >= 0.6 is 0 Å². The second-order valence-corrected chi connectivity index (χ2v) is 8.98. The van der Waals surface area contributed by atoms with E-state index < -0.39 is 0 Å². The lowest BCUT2D eigenvalue weighted by Gasteiger charge is -2.60. The van der Waals surface area contributed by atoms with Crippen LogP contribution in [0.1, 0.15) is 64.7 Å². The Labute approximate surface area is 139 Å². The van der Waals surface area contributed by atoms with Gasteiger partial charge in [-0.15, -0.1) is 0 Å². The third-order valence-corrected chi connectivity index (χ3v) is 8.30. The molecule has 1 unspecified atom stereocenters. The Bertz CT molecular complexity index is 527. The second-order valence-electron chi connectivity index (χ2n) is 8.98. The highest BCUT2D eigenvalue weighted by Gasteiger charge is 2.61. The fourth-order valence-corrected chi connectivity index (χ4v) is 7.17. The first-order valence-corrected chi connectivity index (χ1v) is 9.55. The van der Waals surface area contributed by atoms with Gasteiger partial charge in [-0.05, 0) is 62.2 Å². The number of Topliss-reactive ketones (excluding diaryl/α,β-unsaturated/α-hetero) is 2. The fourth-order valence-electron chi connectivity index (χ4n) is 7.17. The van der Waals surface area contributed by atoms with Gasteiger partial charge in [0.15, 0.2) is 0 Å². The summed E-state index contributed by atoms with van der Waals surface area (Å²) in [6.07, 6.45) is 9.03. The highest BCUT2D eigenvalue weighted by Crippen LogP contribution is 2.65. The number of ether oxygens (including phenoxy) is 1. The summed E-state index contributed by atoms with van der Waals surface area (Å²) in [4.78, 5) is 24.5. The van der Waals surface area contributed by atoms with Gasteiger partial charge >= 0.3 is 0 Å². The molecule has 0 N–H and O–H groups in total. The molecule has 0 bridgehead atoms. The zero-order chi connectivity index (χ0) is 16.2. The molecule has 0 radical (unpaired) electrons. The number of hydrogen-bond acceptors (Lipinski definition) is 3. The number of rotatable bonds is 2. The zero-order valence-corrected chi connectivity index (χ0v) is 14.6. The molecule has 0 spiro atoms. The highest BCUT2D eigenvalue weighted by atomic mass is 16.5. The van der Waals surface area contributed by atoms with Crippen molar-refractivity contribution in [1.82, 2.24) is 0 Å².